The van der Waals surface area contributed by atoms with Crippen LogP contribution in [0.1, 0.15) is 11.3 Å². The third-order valence-corrected chi connectivity index (χ3v) is 3.15. The van der Waals surface area contributed by atoms with Gasteiger partial charge in [0.1, 0.15) is 0 Å². The molecule has 100 valence electrons. The number of rotatable bonds is 4. The number of nitrogens with two attached hydrogens (primary N) is 1. The second-order valence-electron chi connectivity index (χ2n) is 4.39. The molecule has 5 nitrogen and oxygen atoms in total. The molecule has 0 saturated carbocycles. The monoisotopic (exact) mass is 259 g/mol. The fraction of sp³-hybridized carbons (Fsp3) is 0.286. The van der Waals surface area contributed by atoms with Gasteiger partial charge in [-0.25, -0.2) is 0 Å². The molecule has 2 aromatic rings. The summed E-state index contributed by atoms with van der Waals surface area (Å²) in [4.78, 5) is 23.7. The first kappa shape index (κ1) is 13.3. The highest BCUT2D eigenvalue weighted by atomic mass is 16.1. The minimum Gasteiger partial charge on any atom is -0.326 e. The van der Waals surface area contributed by atoms with Gasteiger partial charge in [0.25, 0.3) is 11.1 Å². The Balaban J connectivity index is 2.28. The predicted molar refractivity (Wildman–Crippen MR) is 74.0 cm³/mol. The third kappa shape index (κ3) is 2.82. The second-order valence-corrected chi connectivity index (χ2v) is 4.39. The minimum absolute atomic E-state index is 0.0665. The molecule has 2 N–H and O–H groups in total. The van der Waals surface area contributed by atoms with Crippen LogP contribution in [0.15, 0.2) is 46.1 Å². The molecule has 0 fully saturated rings. The summed E-state index contributed by atoms with van der Waals surface area (Å²) in [5.74, 6) is 0. The summed E-state index contributed by atoms with van der Waals surface area (Å²) in [7, 11) is 0. The van der Waals surface area contributed by atoms with Crippen molar-refractivity contribution in [2.75, 3.05) is 0 Å². The molecule has 2 aromatic heterocycles. The van der Waals surface area contributed by atoms with Gasteiger partial charge >= 0.3 is 0 Å². The van der Waals surface area contributed by atoms with E-state index in [1.807, 2.05) is 13.0 Å². The molecule has 2 heterocycles. The van der Waals surface area contributed by atoms with Crippen LogP contribution < -0.4 is 16.9 Å². The van der Waals surface area contributed by atoms with Crippen molar-refractivity contribution in [1.29, 1.82) is 0 Å². The highest BCUT2D eigenvalue weighted by Gasteiger charge is 2.05. The summed E-state index contributed by atoms with van der Waals surface area (Å²) < 4.78 is 3.24. The van der Waals surface area contributed by atoms with Gasteiger partial charge in [0.2, 0.25) is 0 Å². The summed E-state index contributed by atoms with van der Waals surface area (Å²) in [5.41, 5.74) is 6.84. The first-order valence-corrected chi connectivity index (χ1v) is 6.18. The Morgan fingerprint density at radius 2 is 1.89 bits per heavy atom. The Kier molecular flexibility index (Phi) is 3.97. The minimum atomic E-state index is -0.0773. The molecule has 0 radical (unpaired) electrons. The van der Waals surface area contributed by atoms with Gasteiger partial charge < -0.3 is 14.9 Å². The Hall–Kier alpha value is -2.14. The Morgan fingerprint density at radius 3 is 2.58 bits per heavy atom. The second kappa shape index (κ2) is 5.67. The molecule has 0 spiro atoms. The predicted octanol–water partition coefficient (Wildman–Crippen LogP) is 0.477. The van der Waals surface area contributed by atoms with E-state index in [9.17, 15) is 9.59 Å². The van der Waals surface area contributed by atoms with Crippen LogP contribution in [-0.2, 0) is 19.6 Å². The number of nitrogens with zero attached hydrogens (tertiary/aromatic N) is 2. The molecule has 19 heavy (non-hydrogen) atoms. The van der Waals surface area contributed by atoms with Crippen LogP contribution >= 0.6 is 0 Å². The van der Waals surface area contributed by atoms with E-state index in [0.717, 1.165) is 5.69 Å². The van der Waals surface area contributed by atoms with E-state index in [2.05, 4.69) is 0 Å². The molecule has 0 saturated heterocycles. The number of hydrogen-bond acceptors (Lipinski definition) is 3. The fourth-order valence-electron chi connectivity index (χ4n) is 2.00. The van der Waals surface area contributed by atoms with Crippen LogP contribution in [0.3, 0.4) is 0 Å². The van der Waals surface area contributed by atoms with Gasteiger partial charge in [-0.2, -0.15) is 0 Å². The van der Waals surface area contributed by atoms with E-state index in [1.165, 1.54) is 6.07 Å². The summed E-state index contributed by atoms with van der Waals surface area (Å²) >= 11 is 0. The van der Waals surface area contributed by atoms with Crippen molar-refractivity contribution in [2.45, 2.75) is 26.6 Å². The first-order valence-electron chi connectivity index (χ1n) is 6.18. The zero-order valence-corrected chi connectivity index (χ0v) is 10.9. The molecule has 0 aromatic carbocycles. The summed E-state index contributed by atoms with van der Waals surface area (Å²) in [6.07, 6.45) is 1.72. The topological polar surface area (TPSA) is 70.0 Å². The van der Waals surface area contributed by atoms with E-state index < -0.39 is 0 Å². The highest BCUT2D eigenvalue weighted by Crippen LogP contribution is 1.98. The molecule has 2 rings (SSSR count). The maximum Gasteiger partial charge on any atom is 0.255 e. The molecular formula is C14H17N3O2. The van der Waals surface area contributed by atoms with Crippen molar-refractivity contribution < 1.29 is 0 Å². The molecular weight excluding hydrogens is 242 g/mol. The normalized spacial score (nSPS) is 10.6. The van der Waals surface area contributed by atoms with E-state index in [0.29, 0.717) is 18.7 Å². The lowest BCUT2D eigenvalue weighted by atomic mass is 10.2. The molecule has 5 heteroatoms. The van der Waals surface area contributed by atoms with Crippen LogP contribution in [0.4, 0.5) is 0 Å². The van der Waals surface area contributed by atoms with Crippen LogP contribution in [0.25, 0.3) is 0 Å². The lowest BCUT2D eigenvalue weighted by Gasteiger charge is -2.12. The van der Waals surface area contributed by atoms with Crippen molar-refractivity contribution in [3.63, 3.8) is 0 Å². The lowest BCUT2D eigenvalue weighted by Crippen LogP contribution is -2.30. The number of aromatic nitrogens is 2. The van der Waals surface area contributed by atoms with Crippen LogP contribution in [0.2, 0.25) is 0 Å². The van der Waals surface area contributed by atoms with Gasteiger partial charge in [-0.3, -0.25) is 9.59 Å². The zero-order chi connectivity index (χ0) is 13.8. The van der Waals surface area contributed by atoms with Gasteiger partial charge in [-0.05, 0) is 19.1 Å². The van der Waals surface area contributed by atoms with E-state index in [-0.39, 0.29) is 17.7 Å². The number of hydrogen-bond donors (Lipinski definition) is 1. The van der Waals surface area contributed by atoms with Gasteiger partial charge in [0.15, 0.2) is 0 Å². The average Bonchev–Trinajstić information content (AvgIpc) is 2.40. The fourth-order valence-corrected chi connectivity index (χ4v) is 2.00. The third-order valence-electron chi connectivity index (χ3n) is 3.15. The van der Waals surface area contributed by atoms with Gasteiger partial charge in [-0.15, -0.1) is 0 Å². The summed E-state index contributed by atoms with van der Waals surface area (Å²) in [5, 5.41) is 0. The van der Waals surface area contributed by atoms with Crippen molar-refractivity contribution in [2.24, 2.45) is 5.73 Å². The molecule has 0 bridgehead atoms. The summed E-state index contributed by atoms with van der Waals surface area (Å²) in [6, 6.07) is 8.63. The van der Waals surface area contributed by atoms with E-state index in [1.54, 1.807) is 33.5 Å². The quantitative estimate of drug-likeness (QED) is 0.868. The number of pyridine rings is 2. The van der Waals surface area contributed by atoms with Gasteiger partial charge in [-0.1, -0.05) is 12.1 Å². The Bertz CT molecular complexity index is 686. The molecule has 0 unspecified atom stereocenters. The molecule has 0 aliphatic carbocycles. The maximum absolute atomic E-state index is 12.1. The van der Waals surface area contributed by atoms with Crippen molar-refractivity contribution in [3.8, 4) is 0 Å². The Labute approximate surface area is 110 Å². The van der Waals surface area contributed by atoms with Crippen molar-refractivity contribution in [1.82, 2.24) is 9.13 Å². The largest absolute Gasteiger partial charge is 0.326 e. The SMILES string of the molecule is Cc1ccc(CN)c(=O)n1CCn1ccccc1=O. The van der Waals surface area contributed by atoms with E-state index >= 15 is 0 Å². The maximum atomic E-state index is 12.1. The standard InChI is InChI=1S/C14H17N3O2/c1-11-5-6-12(10-15)14(19)17(11)9-8-16-7-3-2-4-13(16)18/h2-7H,8-10,15H2,1H3. The zero-order valence-electron chi connectivity index (χ0n) is 10.9. The van der Waals surface area contributed by atoms with Gasteiger partial charge in [0.05, 0.1) is 0 Å². The molecule has 0 atom stereocenters. The molecule has 0 aliphatic heterocycles. The Morgan fingerprint density at radius 1 is 1.11 bits per heavy atom. The number of aryl methyl sites for hydroxylation is 2. The van der Waals surface area contributed by atoms with Gasteiger partial charge in [0, 0.05) is 43.2 Å². The van der Waals surface area contributed by atoms with Crippen LogP contribution in [0, 0.1) is 6.92 Å². The highest BCUT2D eigenvalue weighted by molar-refractivity contribution is 5.15. The molecule has 0 amide bonds. The van der Waals surface area contributed by atoms with Crippen LogP contribution in [-0.4, -0.2) is 9.13 Å². The van der Waals surface area contributed by atoms with Crippen molar-refractivity contribution >= 4 is 0 Å². The summed E-state index contributed by atoms with van der Waals surface area (Å²) in [6.45, 7) is 3.02. The van der Waals surface area contributed by atoms with Crippen molar-refractivity contribution in [3.05, 3.63) is 68.5 Å². The molecule has 0 aliphatic rings. The average molecular weight is 259 g/mol. The smallest absolute Gasteiger partial charge is 0.255 e. The van der Waals surface area contributed by atoms with Crippen LogP contribution in [0.5, 0.6) is 0 Å². The van der Waals surface area contributed by atoms with E-state index in [4.69, 9.17) is 5.73 Å². The first-order chi connectivity index (χ1) is 9.13. The lowest BCUT2D eigenvalue weighted by molar-refractivity contribution is 0.540.